The van der Waals surface area contributed by atoms with Gasteiger partial charge in [-0.1, -0.05) is 36.5 Å². The lowest BCUT2D eigenvalue weighted by atomic mass is 9.52. The molecule has 1 heterocycles. The predicted octanol–water partition coefficient (Wildman–Crippen LogP) is 3.74. The average Bonchev–Trinajstić information content (AvgIpc) is 3.03. The molecule has 1 saturated carbocycles. The number of rotatable bonds is 4. The minimum atomic E-state index is -2.86. The van der Waals surface area contributed by atoms with E-state index in [4.69, 9.17) is 10.1 Å². The van der Waals surface area contributed by atoms with Crippen molar-refractivity contribution in [3.05, 3.63) is 82.6 Å². The molecular weight excluding hydrogens is 478 g/mol. The number of carbonyl (C=O) groups excluding carboxylic acids is 2. The lowest BCUT2D eigenvalue weighted by Crippen LogP contribution is -2.72. The molecule has 3 rings (SSSR count). The van der Waals surface area contributed by atoms with Crippen LogP contribution in [0.1, 0.15) is 41.5 Å². The number of nitrogens with one attached hydrogen (secondary N) is 1. The molecule has 0 bridgehead atoms. The molecule has 0 spiro atoms. The van der Waals surface area contributed by atoms with Crippen molar-refractivity contribution in [2.45, 2.75) is 58.5 Å². The van der Waals surface area contributed by atoms with Crippen molar-refractivity contribution in [2.24, 2.45) is 11.3 Å². The molecule has 198 valence electrons. The van der Waals surface area contributed by atoms with Crippen LogP contribution in [-0.4, -0.2) is 59.8 Å². The first kappa shape index (κ1) is 28.0. The first-order valence-corrected chi connectivity index (χ1v) is 11.8. The minimum Gasteiger partial charge on any atom is -0.508 e. The summed E-state index contributed by atoms with van der Waals surface area (Å²) in [5.74, 6) is -7.90. The predicted molar refractivity (Wildman–Crippen MR) is 137 cm³/mol. The highest BCUT2D eigenvalue weighted by molar-refractivity contribution is 6.29. The standard InChI is InChI=1S/C28H33NO8/c1-7-9-11-13-16(30)18-20(32)15(3)23(33)26(5)21(18)25(4)24(34)19(17(31)14-12-10-8-2)22(29)27(6,35)28(25,36)37-26/h7-14,21,29-32,35-36H,1-6H3/b9-7+,10-8+,13-11+,14-12+,18-16+,19-17?,29-22?/t21-,25-,26-,27-,28+/m0/s1. The fourth-order valence-corrected chi connectivity index (χ4v) is 5.66. The Hall–Kier alpha value is -3.53. The monoisotopic (exact) mass is 511 g/mol. The molecule has 3 aliphatic rings. The number of ether oxygens (including phenoxy) is 1. The largest absolute Gasteiger partial charge is 0.508 e. The highest BCUT2D eigenvalue weighted by Crippen LogP contribution is 2.66. The van der Waals surface area contributed by atoms with Crippen molar-refractivity contribution in [3.8, 4) is 0 Å². The Labute approximate surface area is 215 Å². The van der Waals surface area contributed by atoms with Crippen molar-refractivity contribution >= 4 is 17.3 Å². The van der Waals surface area contributed by atoms with Crippen molar-refractivity contribution in [3.63, 3.8) is 0 Å². The summed E-state index contributed by atoms with van der Waals surface area (Å²) in [4.78, 5) is 27.6. The summed E-state index contributed by atoms with van der Waals surface area (Å²) >= 11 is 0. The second-order valence-electron chi connectivity index (χ2n) is 9.90. The molecule has 2 fully saturated rings. The SMILES string of the molecule is C/C=C/C=C/C(O)=C1C(=N)[C@](C)(O)[C@]2(O)O[C@]3(C)C(=O)C(C)=C(O)/C(=C(O)/C=C/C=C/C)[C@H]3[C@@]2(C)C1=O. The summed E-state index contributed by atoms with van der Waals surface area (Å²) in [6.07, 6.45) is 11.8. The van der Waals surface area contributed by atoms with Crippen molar-refractivity contribution in [1.82, 2.24) is 0 Å². The number of ketones is 2. The smallest absolute Gasteiger partial charge is 0.215 e. The van der Waals surface area contributed by atoms with E-state index in [1.807, 2.05) is 0 Å². The molecule has 1 aliphatic heterocycles. The number of aliphatic hydroxyl groups excluding tert-OH is 3. The average molecular weight is 512 g/mol. The van der Waals surface area contributed by atoms with Crippen LogP contribution >= 0.6 is 0 Å². The van der Waals surface area contributed by atoms with Gasteiger partial charge in [0.2, 0.25) is 5.79 Å². The number of fused-ring (bicyclic) bond motifs is 3. The first-order valence-electron chi connectivity index (χ1n) is 11.8. The number of carbonyl (C=O) groups is 2. The van der Waals surface area contributed by atoms with Crippen LogP contribution in [0.25, 0.3) is 0 Å². The summed E-state index contributed by atoms with van der Waals surface area (Å²) in [5.41, 5.74) is -8.73. The van der Waals surface area contributed by atoms with Crippen molar-refractivity contribution in [1.29, 1.82) is 5.41 Å². The molecule has 0 amide bonds. The number of hydrogen-bond acceptors (Lipinski definition) is 9. The molecule has 6 N–H and O–H groups in total. The summed E-state index contributed by atoms with van der Waals surface area (Å²) in [7, 11) is 0. The molecule has 0 radical (unpaired) electrons. The van der Waals surface area contributed by atoms with E-state index in [-0.39, 0.29) is 11.1 Å². The van der Waals surface area contributed by atoms with E-state index >= 15 is 0 Å². The highest BCUT2D eigenvalue weighted by Gasteiger charge is 2.82. The van der Waals surface area contributed by atoms with Gasteiger partial charge in [0.1, 0.15) is 22.9 Å². The van der Waals surface area contributed by atoms with Crippen molar-refractivity contribution in [2.75, 3.05) is 0 Å². The lowest BCUT2D eigenvalue weighted by Gasteiger charge is -2.51. The Balaban J connectivity index is 2.46. The van der Waals surface area contributed by atoms with Crippen molar-refractivity contribution < 1.29 is 39.9 Å². The first-order chi connectivity index (χ1) is 17.1. The number of Topliss-reactive ketones (excluding diaryl/α,β-unsaturated/α-hetero) is 2. The number of hydrogen-bond donors (Lipinski definition) is 6. The zero-order chi connectivity index (χ0) is 28.1. The van der Waals surface area contributed by atoms with Crippen LogP contribution in [0.15, 0.2) is 82.6 Å². The Kier molecular flexibility index (Phi) is 6.89. The topological polar surface area (TPSA) is 168 Å². The Morgan fingerprint density at radius 1 is 0.919 bits per heavy atom. The Morgan fingerprint density at radius 3 is 1.95 bits per heavy atom. The van der Waals surface area contributed by atoms with Gasteiger partial charge in [0, 0.05) is 17.1 Å². The van der Waals surface area contributed by atoms with E-state index < -0.39 is 68.5 Å². The molecule has 9 nitrogen and oxygen atoms in total. The molecule has 0 unspecified atom stereocenters. The van der Waals surface area contributed by atoms with Crippen LogP contribution in [0.4, 0.5) is 0 Å². The molecule has 1 saturated heterocycles. The van der Waals surface area contributed by atoms with E-state index in [0.717, 1.165) is 13.0 Å². The van der Waals surface area contributed by atoms with Gasteiger partial charge in [0.05, 0.1) is 16.7 Å². The second-order valence-corrected chi connectivity index (χ2v) is 9.90. The summed E-state index contributed by atoms with van der Waals surface area (Å²) < 4.78 is 5.90. The third-order valence-corrected chi connectivity index (χ3v) is 7.63. The van der Waals surface area contributed by atoms with Gasteiger partial charge >= 0.3 is 0 Å². The maximum Gasteiger partial charge on any atom is 0.215 e. The van der Waals surface area contributed by atoms with Crippen LogP contribution in [0, 0.1) is 16.7 Å². The van der Waals surface area contributed by atoms with E-state index in [9.17, 15) is 35.1 Å². The molecular formula is C28H33NO8. The summed E-state index contributed by atoms with van der Waals surface area (Å²) in [6, 6.07) is 0. The Morgan fingerprint density at radius 2 is 1.43 bits per heavy atom. The number of aliphatic hydroxyl groups is 5. The molecule has 9 heteroatoms. The minimum absolute atomic E-state index is 0.180. The second kappa shape index (κ2) is 9.09. The summed E-state index contributed by atoms with van der Waals surface area (Å²) in [5, 5.41) is 64.8. The molecule has 0 aromatic heterocycles. The molecule has 37 heavy (non-hydrogen) atoms. The maximum atomic E-state index is 14.1. The van der Waals surface area contributed by atoms with E-state index in [1.165, 1.54) is 39.0 Å². The van der Waals surface area contributed by atoms with Gasteiger partial charge in [-0.25, -0.2) is 0 Å². The van der Waals surface area contributed by atoms with Gasteiger partial charge in [-0.3, -0.25) is 9.59 Å². The molecule has 2 aliphatic carbocycles. The highest BCUT2D eigenvalue weighted by atomic mass is 16.7. The van der Waals surface area contributed by atoms with Gasteiger partial charge in [0.25, 0.3) is 0 Å². The lowest BCUT2D eigenvalue weighted by molar-refractivity contribution is -0.305. The molecule has 0 aromatic rings. The van der Waals surface area contributed by atoms with Crippen LogP contribution in [0.2, 0.25) is 0 Å². The maximum absolute atomic E-state index is 14.1. The zero-order valence-corrected chi connectivity index (χ0v) is 21.7. The third-order valence-electron chi connectivity index (χ3n) is 7.63. The van der Waals surface area contributed by atoms with Gasteiger partial charge in [-0.15, -0.1) is 0 Å². The van der Waals surface area contributed by atoms with Gasteiger partial charge in [0.15, 0.2) is 17.2 Å². The summed E-state index contributed by atoms with van der Waals surface area (Å²) in [6.45, 7) is 8.36. The van der Waals surface area contributed by atoms with E-state index in [2.05, 4.69) is 0 Å². The van der Waals surface area contributed by atoms with Crippen LogP contribution in [0.3, 0.4) is 0 Å². The van der Waals surface area contributed by atoms with Gasteiger partial charge in [-0.05, 0) is 53.7 Å². The van der Waals surface area contributed by atoms with Crippen LogP contribution in [-0.2, 0) is 14.3 Å². The van der Waals surface area contributed by atoms with Gasteiger partial charge in [-0.2, -0.15) is 0 Å². The number of allylic oxidation sites excluding steroid dienone is 9. The van der Waals surface area contributed by atoms with Crippen LogP contribution < -0.4 is 0 Å². The van der Waals surface area contributed by atoms with Gasteiger partial charge < -0.3 is 35.7 Å². The quantitative estimate of drug-likeness (QED) is 0.188. The fraction of sp³-hybridized carbons (Fsp3) is 0.393. The fourth-order valence-electron chi connectivity index (χ4n) is 5.66. The normalized spacial score (nSPS) is 39.5. The Bertz CT molecular complexity index is 1290. The molecule has 5 atom stereocenters. The third kappa shape index (κ3) is 3.53. The molecule has 0 aromatic carbocycles. The van der Waals surface area contributed by atoms with E-state index in [1.54, 1.807) is 38.2 Å². The van der Waals surface area contributed by atoms with Crippen LogP contribution in [0.5, 0.6) is 0 Å². The van der Waals surface area contributed by atoms with E-state index in [0.29, 0.717) is 0 Å². The zero-order valence-electron chi connectivity index (χ0n) is 21.7.